The second-order valence-corrected chi connectivity index (χ2v) is 5.38. The highest BCUT2D eigenvalue weighted by molar-refractivity contribution is 6.09. The molecule has 1 aromatic heterocycles. The SMILES string of the molecule is O=C1CN(C(=O)CCCNC(=O)c2ccco2)c2ccccc2N1. The molecule has 124 valence electrons. The standard InChI is InChI=1S/C17H17N3O4/c21-15-11-20(13-6-2-1-5-12(13)19-15)16(22)8-3-9-18-17(23)14-7-4-10-24-14/h1-2,4-7,10H,3,8-9,11H2,(H,18,23)(H,19,21). The van der Waals surface area contributed by atoms with Crippen molar-refractivity contribution in [3.8, 4) is 0 Å². The van der Waals surface area contributed by atoms with E-state index in [1.54, 1.807) is 30.3 Å². The van der Waals surface area contributed by atoms with Crippen molar-refractivity contribution in [2.45, 2.75) is 12.8 Å². The van der Waals surface area contributed by atoms with E-state index in [-0.39, 0.29) is 36.4 Å². The minimum atomic E-state index is -0.310. The van der Waals surface area contributed by atoms with Crippen LogP contribution in [0.1, 0.15) is 23.4 Å². The third-order valence-corrected chi connectivity index (χ3v) is 3.67. The maximum Gasteiger partial charge on any atom is 0.286 e. The first-order chi connectivity index (χ1) is 11.6. The molecule has 2 N–H and O–H groups in total. The van der Waals surface area contributed by atoms with Gasteiger partial charge in [-0.3, -0.25) is 14.4 Å². The van der Waals surface area contributed by atoms with Crippen molar-refractivity contribution in [1.82, 2.24) is 5.32 Å². The number of furan rings is 1. The molecule has 0 radical (unpaired) electrons. The van der Waals surface area contributed by atoms with Gasteiger partial charge in [0.15, 0.2) is 5.76 Å². The molecule has 0 saturated carbocycles. The fraction of sp³-hybridized carbons (Fsp3) is 0.235. The van der Waals surface area contributed by atoms with Crippen LogP contribution in [0.25, 0.3) is 0 Å². The van der Waals surface area contributed by atoms with Crippen LogP contribution in [0.4, 0.5) is 11.4 Å². The Hall–Kier alpha value is -3.09. The molecular formula is C17H17N3O4. The minimum absolute atomic E-state index is 0.00853. The lowest BCUT2D eigenvalue weighted by Crippen LogP contribution is -2.42. The molecule has 0 spiro atoms. The van der Waals surface area contributed by atoms with Crippen LogP contribution in [0.2, 0.25) is 0 Å². The number of amides is 3. The molecule has 1 aliphatic rings. The average molecular weight is 327 g/mol. The number of fused-ring (bicyclic) bond motifs is 1. The van der Waals surface area contributed by atoms with Crippen LogP contribution >= 0.6 is 0 Å². The van der Waals surface area contributed by atoms with Crippen molar-refractivity contribution in [3.05, 3.63) is 48.4 Å². The quantitative estimate of drug-likeness (QED) is 0.819. The Labute approximate surface area is 138 Å². The zero-order chi connectivity index (χ0) is 16.9. The molecule has 1 aromatic carbocycles. The Morgan fingerprint density at radius 2 is 2.04 bits per heavy atom. The van der Waals surface area contributed by atoms with Gasteiger partial charge in [0, 0.05) is 13.0 Å². The summed E-state index contributed by atoms with van der Waals surface area (Å²) in [5, 5.41) is 5.43. The normalized spacial score (nSPS) is 13.2. The fourth-order valence-corrected chi connectivity index (χ4v) is 2.53. The summed E-state index contributed by atoms with van der Waals surface area (Å²) in [6.07, 6.45) is 2.14. The molecule has 0 bridgehead atoms. The molecule has 0 unspecified atom stereocenters. The van der Waals surface area contributed by atoms with Crippen LogP contribution in [0.5, 0.6) is 0 Å². The van der Waals surface area contributed by atoms with E-state index in [0.717, 1.165) is 0 Å². The third-order valence-electron chi connectivity index (χ3n) is 3.67. The van der Waals surface area contributed by atoms with Crippen molar-refractivity contribution in [1.29, 1.82) is 0 Å². The van der Waals surface area contributed by atoms with E-state index in [9.17, 15) is 14.4 Å². The molecule has 0 saturated heterocycles. The molecule has 3 rings (SSSR count). The van der Waals surface area contributed by atoms with Gasteiger partial charge in [-0.2, -0.15) is 0 Å². The zero-order valence-electron chi connectivity index (χ0n) is 13.0. The highest BCUT2D eigenvalue weighted by Crippen LogP contribution is 2.29. The number of hydrogen-bond acceptors (Lipinski definition) is 4. The van der Waals surface area contributed by atoms with Gasteiger partial charge in [-0.15, -0.1) is 0 Å². The number of nitrogens with one attached hydrogen (secondary N) is 2. The molecule has 24 heavy (non-hydrogen) atoms. The Bertz CT molecular complexity index is 755. The first-order valence-corrected chi connectivity index (χ1v) is 7.66. The van der Waals surface area contributed by atoms with Crippen molar-refractivity contribution >= 4 is 29.1 Å². The molecule has 3 amide bonds. The summed E-state index contributed by atoms with van der Waals surface area (Å²) in [4.78, 5) is 37.3. The van der Waals surface area contributed by atoms with Crippen molar-refractivity contribution < 1.29 is 18.8 Å². The van der Waals surface area contributed by atoms with Gasteiger partial charge < -0.3 is 20.0 Å². The summed E-state index contributed by atoms with van der Waals surface area (Å²) in [7, 11) is 0. The van der Waals surface area contributed by atoms with Gasteiger partial charge in [-0.05, 0) is 30.7 Å². The van der Waals surface area contributed by atoms with E-state index in [1.165, 1.54) is 11.2 Å². The lowest BCUT2D eigenvalue weighted by atomic mass is 10.1. The van der Waals surface area contributed by atoms with Crippen molar-refractivity contribution in [3.63, 3.8) is 0 Å². The maximum absolute atomic E-state index is 12.4. The Morgan fingerprint density at radius 3 is 2.83 bits per heavy atom. The molecule has 7 heteroatoms. The number of carbonyl (C=O) groups is 3. The van der Waals surface area contributed by atoms with Gasteiger partial charge >= 0.3 is 0 Å². The lowest BCUT2D eigenvalue weighted by molar-refractivity contribution is -0.122. The average Bonchev–Trinajstić information content (AvgIpc) is 3.12. The monoisotopic (exact) mass is 327 g/mol. The molecular weight excluding hydrogens is 310 g/mol. The molecule has 0 aliphatic carbocycles. The fourth-order valence-electron chi connectivity index (χ4n) is 2.53. The van der Waals surface area contributed by atoms with Gasteiger partial charge in [-0.1, -0.05) is 12.1 Å². The van der Waals surface area contributed by atoms with E-state index in [1.807, 2.05) is 6.07 Å². The lowest BCUT2D eigenvalue weighted by Gasteiger charge is -2.29. The summed E-state index contributed by atoms with van der Waals surface area (Å²) in [6.45, 7) is 0.363. The Kier molecular flexibility index (Phi) is 4.60. The van der Waals surface area contributed by atoms with Crippen LogP contribution in [0, 0.1) is 0 Å². The summed E-state index contributed by atoms with van der Waals surface area (Å²) >= 11 is 0. The van der Waals surface area contributed by atoms with Crippen molar-refractivity contribution in [2.24, 2.45) is 0 Å². The van der Waals surface area contributed by atoms with E-state index in [2.05, 4.69) is 10.6 Å². The Morgan fingerprint density at radius 1 is 1.21 bits per heavy atom. The maximum atomic E-state index is 12.4. The zero-order valence-corrected chi connectivity index (χ0v) is 13.0. The highest BCUT2D eigenvalue weighted by Gasteiger charge is 2.26. The van der Waals surface area contributed by atoms with E-state index < -0.39 is 0 Å². The van der Waals surface area contributed by atoms with Gasteiger partial charge in [-0.25, -0.2) is 0 Å². The second kappa shape index (κ2) is 6.99. The topological polar surface area (TPSA) is 91.7 Å². The van der Waals surface area contributed by atoms with E-state index in [0.29, 0.717) is 24.3 Å². The predicted octanol–water partition coefficient (Wildman–Crippen LogP) is 1.77. The number of anilines is 2. The number of benzene rings is 1. The first kappa shape index (κ1) is 15.8. The highest BCUT2D eigenvalue weighted by atomic mass is 16.3. The molecule has 0 fully saturated rings. The Balaban J connectivity index is 1.52. The largest absolute Gasteiger partial charge is 0.459 e. The summed E-state index contributed by atoms with van der Waals surface area (Å²) in [5.74, 6) is -0.434. The summed E-state index contributed by atoms with van der Waals surface area (Å²) in [5.41, 5.74) is 1.33. The number of rotatable bonds is 5. The number of nitrogens with zero attached hydrogens (tertiary/aromatic N) is 1. The second-order valence-electron chi connectivity index (χ2n) is 5.38. The molecule has 2 aromatic rings. The molecule has 0 atom stereocenters. The molecule has 1 aliphatic heterocycles. The number of hydrogen-bond donors (Lipinski definition) is 2. The summed E-state index contributed by atoms with van der Waals surface area (Å²) < 4.78 is 4.99. The van der Waals surface area contributed by atoms with Crippen molar-refractivity contribution in [2.75, 3.05) is 23.3 Å². The first-order valence-electron chi connectivity index (χ1n) is 7.66. The predicted molar refractivity (Wildman–Crippen MR) is 87.7 cm³/mol. The number of carbonyl (C=O) groups excluding carboxylic acids is 3. The van der Waals surface area contributed by atoms with E-state index in [4.69, 9.17) is 4.42 Å². The number of para-hydroxylation sites is 2. The van der Waals surface area contributed by atoms with Gasteiger partial charge in [0.1, 0.15) is 6.54 Å². The minimum Gasteiger partial charge on any atom is -0.459 e. The smallest absolute Gasteiger partial charge is 0.286 e. The molecule has 2 heterocycles. The third kappa shape index (κ3) is 3.45. The van der Waals surface area contributed by atoms with Crippen LogP contribution in [0.15, 0.2) is 47.1 Å². The van der Waals surface area contributed by atoms with Gasteiger partial charge in [0.2, 0.25) is 11.8 Å². The van der Waals surface area contributed by atoms with Gasteiger partial charge in [0.25, 0.3) is 5.91 Å². The summed E-state index contributed by atoms with van der Waals surface area (Å²) in [6, 6.07) is 10.4. The molecule has 7 nitrogen and oxygen atoms in total. The van der Waals surface area contributed by atoms with E-state index >= 15 is 0 Å². The van der Waals surface area contributed by atoms with Crippen LogP contribution in [-0.4, -0.2) is 30.8 Å². The van der Waals surface area contributed by atoms with Crippen LogP contribution < -0.4 is 15.5 Å². The van der Waals surface area contributed by atoms with Crippen LogP contribution in [-0.2, 0) is 9.59 Å². The van der Waals surface area contributed by atoms with Gasteiger partial charge in [0.05, 0.1) is 17.6 Å². The van der Waals surface area contributed by atoms with Crippen LogP contribution in [0.3, 0.4) is 0 Å².